The topological polar surface area (TPSA) is 78.9 Å². The molecule has 0 amide bonds. The average molecular weight is 1090 g/mol. The number of ether oxygens (including phenoxy) is 3. The smallest absolute Gasteiger partial charge is 0.306 e. The third kappa shape index (κ3) is 63.2. The Bertz CT molecular complexity index is 1530. The molecule has 1 atom stereocenters. The van der Waals surface area contributed by atoms with E-state index in [2.05, 4.69) is 118 Å². The van der Waals surface area contributed by atoms with Crippen molar-refractivity contribution < 1.29 is 28.6 Å². The Morgan fingerprint density at radius 3 is 0.782 bits per heavy atom. The van der Waals surface area contributed by atoms with Gasteiger partial charge in [0.1, 0.15) is 13.2 Å². The number of esters is 3. The number of unbranched alkanes of at least 4 members (excludes halogenated alkanes) is 33. The highest BCUT2D eigenvalue weighted by Gasteiger charge is 2.19. The summed E-state index contributed by atoms with van der Waals surface area (Å²) < 4.78 is 16.9. The second-order valence-corrected chi connectivity index (χ2v) is 22.0. The Morgan fingerprint density at radius 2 is 0.500 bits per heavy atom. The van der Waals surface area contributed by atoms with Crippen molar-refractivity contribution in [3.63, 3.8) is 0 Å². The average Bonchev–Trinajstić information content (AvgIpc) is 3.44. The molecule has 0 rings (SSSR count). The van der Waals surface area contributed by atoms with E-state index in [4.69, 9.17) is 14.2 Å². The summed E-state index contributed by atoms with van der Waals surface area (Å²) >= 11 is 0. The van der Waals surface area contributed by atoms with Crippen molar-refractivity contribution in [1.82, 2.24) is 0 Å². The first-order chi connectivity index (χ1) is 38.5. The maximum Gasteiger partial charge on any atom is 0.306 e. The van der Waals surface area contributed by atoms with Crippen LogP contribution in [0.5, 0.6) is 0 Å². The van der Waals surface area contributed by atoms with Gasteiger partial charge in [0.2, 0.25) is 0 Å². The van der Waals surface area contributed by atoms with Gasteiger partial charge in [0.25, 0.3) is 0 Å². The molecule has 1 unspecified atom stereocenters. The highest BCUT2D eigenvalue weighted by atomic mass is 16.6. The van der Waals surface area contributed by atoms with E-state index >= 15 is 0 Å². The fraction of sp³-hybridized carbons (Fsp3) is 0.736. The van der Waals surface area contributed by atoms with E-state index in [9.17, 15) is 14.4 Å². The zero-order valence-corrected chi connectivity index (χ0v) is 51.4. The van der Waals surface area contributed by atoms with E-state index in [1.807, 2.05) is 0 Å². The first-order valence-corrected chi connectivity index (χ1v) is 33.2. The molecule has 0 aliphatic heterocycles. The van der Waals surface area contributed by atoms with Crippen molar-refractivity contribution in [2.45, 2.75) is 329 Å². The molecule has 0 bridgehead atoms. The molecule has 0 aromatic carbocycles. The van der Waals surface area contributed by atoms with Gasteiger partial charge in [-0.3, -0.25) is 14.4 Å². The van der Waals surface area contributed by atoms with Crippen LogP contribution >= 0.6 is 0 Å². The molecule has 0 radical (unpaired) electrons. The molecular weight excluding hydrogens is 961 g/mol. The molecule has 0 heterocycles. The summed E-state index contributed by atoms with van der Waals surface area (Å²) in [6, 6.07) is 0. The highest BCUT2D eigenvalue weighted by Crippen LogP contribution is 2.17. The van der Waals surface area contributed by atoms with Crippen LogP contribution in [0.3, 0.4) is 0 Å². The molecule has 448 valence electrons. The molecule has 78 heavy (non-hydrogen) atoms. The molecule has 0 saturated carbocycles. The van der Waals surface area contributed by atoms with Gasteiger partial charge in [0.05, 0.1) is 0 Å². The van der Waals surface area contributed by atoms with Gasteiger partial charge >= 0.3 is 17.9 Å². The van der Waals surface area contributed by atoms with Crippen LogP contribution in [0.1, 0.15) is 323 Å². The molecular formula is C72H124O6. The number of carbonyl (C=O) groups excluding carboxylic acids is 3. The number of hydrogen-bond acceptors (Lipinski definition) is 6. The summed E-state index contributed by atoms with van der Waals surface area (Å²) in [6.45, 7) is 6.43. The zero-order chi connectivity index (χ0) is 56.4. The molecule has 0 spiro atoms. The summed E-state index contributed by atoms with van der Waals surface area (Å²) in [4.78, 5) is 38.3. The van der Waals surface area contributed by atoms with Crippen molar-refractivity contribution in [2.24, 2.45) is 0 Å². The second kappa shape index (κ2) is 65.8. The largest absolute Gasteiger partial charge is 0.462 e. The lowest BCUT2D eigenvalue weighted by Crippen LogP contribution is -2.30. The summed E-state index contributed by atoms with van der Waals surface area (Å²) in [5.41, 5.74) is 0. The van der Waals surface area contributed by atoms with Crippen LogP contribution in [0.25, 0.3) is 0 Å². The van der Waals surface area contributed by atoms with Crippen LogP contribution < -0.4 is 0 Å². The van der Waals surface area contributed by atoms with Crippen molar-refractivity contribution in [3.8, 4) is 0 Å². The maximum absolute atomic E-state index is 12.9. The minimum Gasteiger partial charge on any atom is -0.462 e. The van der Waals surface area contributed by atoms with Gasteiger partial charge in [-0.25, -0.2) is 0 Å². The zero-order valence-electron chi connectivity index (χ0n) is 51.4. The molecule has 0 aromatic heterocycles. The van der Waals surface area contributed by atoms with E-state index in [0.29, 0.717) is 19.3 Å². The third-order valence-corrected chi connectivity index (χ3v) is 14.3. The van der Waals surface area contributed by atoms with Crippen molar-refractivity contribution in [1.29, 1.82) is 0 Å². The van der Waals surface area contributed by atoms with E-state index in [1.165, 1.54) is 154 Å². The Hall–Kier alpha value is -3.67. The van der Waals surface area contributed by atoms with E-state index in [1.54, 1.807) is 0 Å². The molecule has 0 aliphatic carbocycles. The second-order valence-electron chi connectivity index (χ2n) is 22.0. The Kier molecular flexibility index (Phi) is 62.7. The lowest BCUT2D eigenvalue weighted by atomic mass is 10.0. The predicted octanol–water partition coefficient (Wildman–Crippen LogP) is 22.8. The van der Waals surface area contributed by atoms with E-state index < -0.39 is 6.10 Å². The summed E-state index contributed by atoms with van der Waals surface area (Å²) in [7, 11) is 0. The van der Waals surface area contributed by atoms with Gasteiger partial charge in [0, 0.05) is 19.3 Å². The van der Waals surface area contributed by atoms with E-state index in [-0.39, 0.29) is 31.1 Å². The van der Waals surface area contributed by atoms with Gasteiger partial charge in [-0.15, -0.1) is 0 Å². The first-order valence-electron chi connectivity index (χ1n) is 33.2. The number of carbonyl (C=O) groups is 3. The number of hydrogen-bond donors (Lipinski definition) is 0. The molecule has 6 nitrogen and oxygen atoms in total. The van der Waals surface area contributed by atoms with Gasteiger partial charge in [-0.1, -0.05) is 304 Å². The minimum atomic E-state index is -0.785. The number of rotatable bonds is 60. The van der Waals surface area contributed by atoms with Crippen LogP contribution in [0.4, 0.5) is 0 Å². The molecule has 6 heteroatoms. The molecule has 0 N–H and O–H groups in total. The van der Waals surface area contributed by atoms with Crippen molar-refractivity contribution in [3.05, 3.63) is 97.2 Å². The Balaban J connectivity index is 4.21. The minimum absolute atomic E-state index is 0.0802. The van der Waals surface area contributed by atoms with Gasteiger partial charge < -0.3 is 14.2 Å². The normalized spacial score (nSPS) is 12.7. The van der Waals surface area contributed by atoms with Gasteiger partial charge in [-0.05, 0) is 96.3 Å². The molecule has 0 fully saturated rings. The summed E-state index contributed by atoms with van der Waals surface area (Å²) in [5, 5.41) is 0. The van der Waals surface area contributed by atoms with Crippen LogP contribution in [0, 0.1) is 0 Å². The van der Waals surface area contributed by atoms with E-state index in [0.717, 1.165) is 128 Å². The molecule has 0 saturated heterocycles. The lowest BCUT2D eigenvalue weighted by molar-refractivity contribution is -0.167. The van der Waals surface area contributed by atoms with Crippen LogP contribution in [0.15, 0.2) is 97.2 Å². The summed E-state index contributed by atoms with van der Waals surface area (Å²) in [6.07, 6.45) is 88.6. The fourth-order valence-corrected chi connectivity index (χ4v) is 9.43. The molecule has 0 aliphatic rings. The SMILES string of the molecule is CC/C=C\C/C=C\C/C=C\C/C=C\C/C=C\CCCCCCCCCCCCCCCCCC(=O)OCC(COC(=O)CCCCCCCCCCCCCCCC)OC(=O)CCCCCCC/C=C\C/C=C\C/C=C\CC. The highest BCUT2D eigenvalue weighted by molar-refractivity contribution is 5.71. The fourth-order valence-electron chi connectivity index (χ4n) is 9.43. The number of allylic oxidation sites excluding steroid dienone is 16. The standard InChI is InChI=1S/C72H124O6/c1-4-7-10-13-16-19-22-25-28-29-30-31-32-33-34-35-36-37-38-39-40-41-42-43-45-47-50-53-56-59-62-65-71(74)77-68-69(67-76-70(73)64-61-58-55-52-49-46-27-24-21-18-15-12-9-6-3)78-72(75)66-63-60-57-54-51-48-44-26-23-20-17-14-11-8-5-2/h7-8,10-11,16-17,19-20,25-26,28,30-31,33-34,44,69H,4-6,9,12-15,18,21-24,27,29,32,35-43,45-68H2,1-3H3/b10-7-,11-8-,19-16-,20-17-,28-25-,31-30-,34-33-,44-26-. The molecule has 0 aromatic rings. The Labute approximate surface area is 483 Å². The van der Waals surface area contributed by atoms with Gasteiger partial charge in [0.15, 0.2) is 6.10 Å². The van der Waals surface area contributed by atoms with Crippen molar-refractivity contribution in [2.75, 3.05) is 13.2 Å². The lowest BCUT2D eigenvalue weighted by Gasteiger charge is -2.18. The monoisotopic (exact) mass is 1080 g/mol. The maximum atomic E-state index is 12.9. The van der Waals surface area contributed by atoms with Gasteiger partial charge in [-0.2, -0.15) is 0 Å². The first kappa shape index (κ1) is 74.3. The van der Waals surface area contributed by atoms with Crippen LogP contribution in [-0.2, 0) is 28.6 Å². The predicted molar refractivity (Wildman–Crippen MR) is 339 cm³/mol. The van der Waals surface area contributed by atoms with Crippen LogP contribution in [0.2, 0.25) is 0 Å². The Morgan fingerprint density at radius 1 is 0.269 bits per heavy atom. The quantitative estimate of drug-likeness (QED) is 0.0261. The van der Waals surface area contributed by atoms with Crippen LogP contribution in [-0.4, -0.2) is 37.2 Å². The van der Waals surface area contributed by atoms with Crippen molar-refractivity contribution >= 4 is 17.9 Å². The summed E-state index contributed by atoms with van der Waals surface area (Å²) in [5.74, 6) is -0.884. The third-order valence-electron chi connectivity index (χ3n) is 14.3.